The number of carbonyl (C=O) groups excluding carboxylic acids is 2. The zero-order valence-corrected chi connectivity index (χ0v) is 21.6. The number of aliphatic hydroxyl groups is 1. The highest BCUT2D eigenvalue weighted by Gasteiger charge is 2.47. The van der Waals surface area contributed by atoms with Gasteiger partial charge < -0.3 is 9.84 Å². The minimum atomic E-state index is -0.697. The standard InChI is InChI=1S/C29H31NO4S/c1-17(2)16-34-23-13-10-21(15-19(23)5)27(31)25-26(24-7-6-14-35-24)30(29(33)28(25)32)22-11-8-20(9-12-22)18(3)4/h6-15,17-18,26,31H,16H2,1-5H3/b27-25-. The van der Waals surface area contributed by atoms with E-state index in [9.17, 15) is 14.7 Å². The summed E-state index contributed by atoms with van der Waals surface area (Å²) in [6, 6.07) is 16.1. The molecule has 1 unspecified atom stereocenters. The number of carbonyl (C=O) groups is 2. The molecule has 4 rings (SSSR count). The fourth-order valence-corrected chi connectivity index (χ4v) is 5.03. The predicted molar refractivity (Wildman–Crippen MR) is 141 cm³/mol. The van der Waals surface area contributed by atoms with Crippen molar-refractivity contribution in [3.63, 3.8) is 0 Å². The Morgan fingerprint density at radius 3 is 2.34 bits per heavy atom. The van der Waals surface area contributed by atoms with Gasteiger partial charge in [0.05, 0.1) is 12.2 Å². The highest BCUT2D eigenvalue weighted by atomic mass is 32.1. The summed E-state index contributed by atoms with van der Waals surface area (Å²) >= 11 is 1.45. The fourth-order valence-electron chi connectivity index (χ4n) is 4.21. The SMILES string of the molecule is Cc1cc(/C(O)=C2/C(=O)C(=O)N(c3ccc(C(C)C)cc3)C2c2cccs2)ccc1OCC(C)C. The van der Waals surface area contributed by atoms with Crippen molar-refractivity contribution in [1.29, 1.82) is 0 Å². The van der Waals surface area contributed by atoms with Crippen LogP contribution in [0.25, 0.3) is 5.76 Å². The molecule has 2 aromatic carbocycles. The normalized spacial score (nSPS) is 17.6. The second kappa shape index (κ2) is 10.1. The van der Waals surface area contributed by atoms with Crippen LogP contribution in [0.15, 0.2) is 65.6 Å². The molecule has 0 bridgehead atoms. The van der Waals surface area contributed by atoms with Crippen molar-refractivity contribution in [2.45, 2.75) is 46.6 Å². The zero-order chi connectivity index (χ0) is 25.3. The molecule has 1 N–H and O–H groups in total. The lowest BCUT2D eigenvalue weighted by molar-refractivity contribution is -0.132. The molecule has 1 aliphatic heterocycles. The van der Waals surface area contributed by atoms with Gasteiger partial charge >= 0.3 is 0 Å². The van der Waals surface area contributed by atoms with Gasteiger partial charge in [-0.15, -0.1) is 11.3 Å². The molecule has 0 spiro atoms. The Morgan fingerprint density at radius 1 is 1.06 bits per heavy atom. The number of aliphatic hydroxyl groups excluding tert-OH is 1. The smallest absolute Gasteiger partial charge is 0.300 e. The molecule has 1 amide bonds. The molecular weight excluding hydrogens is 458 g/mol. The number of hydrogen-bond donors (Lipinski definition) is 1. The molecule has 0 radical (unpaired) electrons. The summed E-state index contributed by atoms with van der Waals surface area (Å²) in [6.07, 6.45) is 0. The van der Waals surface area contributed by atoms with Crippen molar-refractivity contribution >= 4 is 34.5 Å². The van der Waals surface area contributed by atoms with Crippen LogP contribution < -0.4 is 9.64 Å². The third-order valence-electron chi connectivity index (χ3n) is 6.12. The van der Waals surface area contributed by atoms with E-state index in [0.717, 1.165) is 21.8 Å². The number of benzene rings is 2. The number of thiophene rings is 1. The first-order chi connectivity index (χ1) is 16.7. The summed E-state index contributed by atoms with van der Waals surface area (Å²) < 4.78 is 5.85. The molecule has 0 saturated carbocycles. The third-order valence-corrected chi connectivity index (χ3v) is 7.04. The van der Waals surface area contributed by atoms with Crippen molar-refractivity contribution in [2.75, 3.05) is 11.5 Å². The van der Waals surface area contributed by atoms with Gasteiger partial charge in [-0.1, -0.05) is 45.9 Å². The minimum Gasteiger partial charge on any atom is -0.507 e. The minimum absolute atomic E-state index is 0.0978. The Morgan fingerprint density at radius 2 is 1.77 bits per heavy atom. The van der Waals surface area contributed by atoms with Crippen molar-refractivity contribution < 1.29 is 19.4 Å². The van der Waals surface area contributed by atoms with E-state index in [2.05, 4.69) is 27.7 Å². The molecule has 1 saturated heterocycles. The molecule has 3 aromatic rings. The van der Waals surface area contributed by atoms with Crippen LogP contribution in [0.2, 0.25) is 0 Å². The lowest BCUT2D eigenvalue weighted by atomic mass is 9.98. The van der Waals surface area contributed by atoms with Crippen LogP contribution >= 0.6 is 11.3 Å². The number of Topliss-reactive ketones (excluding diaryl/α,β-unsaturated/α-hetero) is 1. The predicted octanol–water partition coefficient (Wildman–Crippen LogP) is 6.84. The number of nitrogens with zero attached hydrogens (tertiary/aromatic N) is 1. The molecule has 1 fully saturated rings. The molecule has 1 aliphatic rings. The molecule has 2 heterocycles. The fraction of sp³-hybridized carbons (Fsp3) is 0.310. The Hall–Kier alpha value is -3.38. The molecule has 5 nitrogen and oxygen atoms in total. The van der Waals surface area contributed by atoms with E-state index in [1.54, 1.807) is 18.2 Å². The maximum atomic E-state index is 13.3. The Labute approximate surface area is 210 Å². The second-order valence-corrected chi connectivity index (χ2v) is 10.6. The number of anilines is 1. The maximum absolute atomic E-state index is 13.3. The van der Waals surface area contributed by atoms with E-state index in [4.69, 9.17) is 4.74 Å². The average molecular weight is 490 g/mol. The summed E-state index contributed by atoms with van der Waals surface area (Å²) in [7, 11) is 0. The molecule has 6 heteroatoms. The third kappa shape index (κ3) is 4.89. The lowest BCUT2D eigenvalue weighted by Crippen LogP contribution is -2.29. The first-order valence-corrected chi connectivity index (χ1v) is 12.7. The largest absolute Gasteiger partial charge is 0.507 e. The number of rotatable bonds is 7. The number of ketones is 1. The van der Waals surface area contributed by atoms with Gasteiger partial charge in [-0.05, 0) is 71.7 Å². The molecule has 1 atom stereocenters. The summed E-state index contributed by atoms with van der Waals surface area (Å²) in [5, 5.41) is 13.2. The Balaban J connectivity index is 1.79. The van der Waals surface area contributed by atoms with Gasteiger partial charge in [0.2, 0.25) is 0 Å². The van der Waals surface area contributed by atoms with Crippen LogP contribution in [0.5, 0.6) is 5.75 Å². The summed E-state index contributed by atoms with van der Waals surface area (Å²) in [5.41, 5.74) is 3.20. The van der Waals surface area contributed by atoms with Crippen LogP contribution in [-0.4, -0.2) is 23.4 Å². The van der Waals surface area contributed by atoms with E-state index in [-0.39, 0.29) is 11.3 Å². The number of hydrogen-bond acceptors (Lipinski definition) is 5. The van der Waals surface area contributed by atoms with Crippen LogP contribution in [0, 0.1) is 12.8 Å². The number of ether oxygens (including phenoxy) is 1. The van der Waals surface area contributed by atoms with Crippen molar-refractivity contribution in [1.82, 2.24) is 0 Å². The van der Waals surface area contributed by atoms with Crippen LogP contribution in [0.3, 0.4) is 0 Å². The van der Waals surface area contributed by atoms with Gasteiger partial charge in [-0.25, -0.2) is 0 Å². The summed E-state index contributed by atoms with van der Waals surface area (Å²) in [5.74, 6) is -0.0399. The monoisotopic (exact) mass is 489 g/mol. The number of amides is 1. The molecule has 35 heavy (non-hydrogen) atoms. The van der Waals surface area contributed by atoms with E-state index in [0.29, 0.717) is 29.7 Å². The highest BCUT2D eigenvalue weighted by Crippen LogP contribution is 2.44. The lowest BCUT2D eigenvalue weighted by Gasteiger charge is -2.24. The highest BCUT2D eigenvalue weighted by molar-refractivity contribution is 7.10. The molecule has 182 valence electrons. The van der Waals surface area contributed by atoms with Gasteiger partial charge in [-0.2, -0.15) is 0 Å². The summed E-state index contributed by atoms with van der Waals surface area (Å²) in [4.78, 5) is 28.9. The van der Waals surface area contributed by atoms with Crippen molar-refractivity contribution in [2.24, 2.45) is 5.92 Å². The van der Waals surface area contributed by atoms with Crippen LogP contribution in [0.1, 0.15) is 61.2 Å². The van der Waals surface area contributed by atoms with Crippen LogP contribution in [-0.2, 0) is 9.59 Å². The van der Waals surface area contributed by atoms with Gasteiger partial charge in [0.25, 0.3) is 11.7 Å². The van der Waals surface area contributed by atoms with Gasteiger partial charge in [0.1, 0.15) is 17.6 Å². The average Bonchev–Trinajstić information content (AvgIpc) is 3.44. The molecular formula is C29H31NO4S. The van der Waals surface area contributed by atoms with Crippen molar-refractivity contribution in [3.05, 3.63) is 87.1 Å². The maximum Gasteiger partial charge on any atom is 0.300 e. The second-order valence-electron chi connectivity index (χ2n) is 9.62. The topological polar surface area (TPSA) is 66.8 Å². The van der Waals surface area contributed by atoms with Gasteiger partial charge in [-0.3, -0.25) is 14.5 Å². The van der Waals surface area contributed by atoms with Crippen LogP contribution in [0.4, 0.5) is 5.69 Å². The van der Waals surface area contributed by atoms with Gasteiger partial charge in [0.15, 0.2) is 0 Å². The van der Waals surface area contributed by atoms with Crippen molar-refractivity contribution in [3.8, 4) is 5.75 Å². The Bertz CT molecular complexity index is 1260. The Kier molecular flexibility index (Phi) is 7.13. The molecule has 0 aliphatic carbocycles. The van der Waals surface area contributed by atoms with Gasteiger partial charge in [0, 0.05) is 16.1 Å². The van der Waals surface area contributed by atoms with E-state index >= 15 is 0 Å². The molecule has 1 aromatic heterocycles. The summed E-state index contributed by atoms with van der Waals surface area (Å²) in [6.45, 7) is 10.9. The van der Waals surface area contributed by atoms with E-state index in [1.165, 1.54) is 16.2 Å². The quantitative estimate of drug-likeness (QED) is 0.224. The zero-order valence-electron chi connectivity index (χ0n) is 20.7. The first-order valence-electron chi connectivity index (χ1n) is 11.9. The first kappa shape index (κ1) is 24.7. The van der Waals surface area contributed by atoms with E-state index < -0.39 is 17.7 Å². The number of aryl methyl sites for hydroxylation is 1. The van der Waals surface area contributed by atoms with E-state index in [1.807, 2.05) is 48.7 Å².